The van der Waals surface area contributed by atoms with Gasteiger partial charge in [-0.05, 0) is 6.42 Å². The van der Waals surface area contributed by atoms with E-state index >= 15 is 0 Å². The molecule has 0 amide bonds. The van der Waals surface area contributed by atoms with E-state index in [2.05, 4.69) is 12.2 Å². The number of thiol groups is 1. The smallest absolute Gasteiger partial charge is 0.252 e. The van der Waals surface area contributed by atoms with Gasteiger partial charge in [0.15, 0.2) is 0 Å². The lowest BCUT2D eigenvalue weighted by Gasteiger charge is -2.19. The molecule has 1 heterocycles. The standard InChI is InChI=1S/C7H16BO4PS/c1-10-4-6-5(3-7(8)11-6)12-13(2,9)14/h5-7H,3-4,8H2,1-2H3,(H,9,14)/t5?,6-,7-,13?/m1/s1. The topological polar surface area (TPSA) is 44.8 Å². The van der Waals surface area contributed by atoms with Crippen molar-refractivity contribution in [3.63, 3.8) is 0 Å². The van der Waals surface area contributed by atoms with Gasteiger partial charge in [0.2, 0.25) is 0 Å². The first kappa shape index (κ1) is 12.6. The first-order valence-electron chi connectivity index (χ1n) is 4.55. The second kappa shape index (κ2) is 5.04. The monoisotopic (exact) mass is 238 g/mol. The van der Waals surface area contributed by atoms with Crippen LogP contribution >= 0.6 is 18.8 Å². The predicted molar refractivity (Wildman–Crippen MR) is 61.1 cm³/mol. The summed E-state index contributed by atoms with van der Waals surface area (Å²) in [6, 6.07) is 0.125. The molecule has 82 valence electrons. The van der Waals surface area contributed by atoms with Crippen LogP contribution in [0.15, 0.2) is 0 Å². The second-order valence-corrected chi connectivity index (χ2v) is 7.62. The van der Waals surface area contributed by atoms with Crippen LogP contribution in [0.3, 0.4) is 0 Å². The molecule has 0 aromatic heterocycles. The summed E-state index contributed by atoms with van der Waals surface area (Å²) >= 11 is 3.91. The van der Waals surface area contributed by atoms with Crippen LogP contribution in [0.25, 0.3) is 0 Å². The summed E-state index contributed by atoms with van der Waals surface area (Å²) in [6.07, 6.45) is 0.445. The van der Waals surface area contributed by atoms with Crippen LogP contribution in [0.4, 0.5) is 0 Å². The highest BCUT2D eigenvalue weighted by atomic mass is 32.7. The second-order valence-electron chi connectivity index (χ2n) is 3.62. The van der Waals surface area contributed by atoms with Gasteiger partial charge >= 0.3 is 0 Å². The lowest BCUT2D eigenvalue weighted by Crippen LogP contribution is -2.27. The minimum Gasteiger partial charge on any atom is -0.382 e. The normalized spacial score (nSPS) is 36.9. The Morgan fingerprint density at radius 3 is 2.86 bits per heavy atom. The zero-order valence-electron chi connectivity index (χ0n) is 8.67. The van der Waals surface area contributed by atoms with Gasteiger partial charge in [-0.1, -0.05) is 12.2 Å². The van der Waals surface area contributed by atoms with Crippen molar-refractivity contribution in [2.45, 2.75) is 24.6 Å². The van der Waals surface area contributed by atoms with E-state index in [1.54, 1.807) is 7.11 Å². The molecule has 4 nitrogen and oxygen atoms in total. The molecular weight excluding hydrogens is 222 g/mol. The lowest BCUT2D eigenvalue weighted by atomic mass is 9.96. The van der Waals surface area contributed by atoms with E-state index in [1.165, 1.54) is 6.66 Å². The number of ether oxygens (including phenoxy) is 2. The minimum atomic E-state index is -2.74. The first-order chi connectivity index (χ1) is 6.42. The zero-order valence-corrected chi connectivity index (χ0v) is 10.5. The molecule has 7 heteroatoms. The zero-order chi connectivity index (χ0) is 10.8. The van der Waals surface area contributed by atoms with Gasteiger partial charge in [-0.25, -0.2) is 0 Å². The Bertz CT molecular complexity index is 234. The maximum absolute atomic E-state index is 11.4. The SMILES string of the molecule is B[C@H]1CC(OP(C)(=O)S)[C@@H](COC)O1. The summed E-state index contributed by atoms with van der Waals surface area (Å²) in [7, 11) is 3.57. The third-order valence-electron chi connectivity index (χ3n) is 2.05. The van der Waals surface area contributed by atoms with Crippen LogP contribution in [-0.4, -0.2) is 46.4 Å². The van der Waals surface area contributed by atoms with E-state index < -0.39 is 6.57 Å². The summed E-state index contributed by atoms with van der Waals surface area (Å²) in [4.78, 5) is 0. The summed E-state index contributed by atoms with van der Waals surface area (Å²) in [5, 5.41) is 0. The molecule has 0 aliphatic carbocycles. The molecule has 0 spiro atoms. The predicted octanol–water partition coefficient (Wildman–Crippen LogP) is 0.519. The third kappa shape index (κ3) is 3.95. The highest BCUT2D eigenvalue weighted by Gasteiger charge is 2.36. The van der Waals surface area contributed by atoms with Gasteiger partial charge in [0.05, 0.1) is 12.7 Å². The molecule has 1 aliphatic rings. The van der Waals surface area contributed by atoms with Crippen molar-refractivity contribution in [3.05, 3.63) is 0 Å². The maximum Gasteiger partial charge on any atom is 0.252 e. The van der Waals surface area contributed by atoms with Crippen molar-refractivity contribution in [1.82, 2.24) is 0 Å². The summed E-state index contributed by atoms with van der Waals surface area (Å²) < 4.78 is 27.3. The molecule has 0 aromatic rings. The van der Waals surface area contributed by atoms with Gasteiger partial charge < -0.3 is 14.0 Å². The van der Waals surface area contributed by atoms with E-state index in [1.807, 2.05) is 7.85 Å². The van der Waals surface area contributed by atoms with Crippen LogP contribution < -0.4 is 0 Å². The van der Waals surface area contributed by atoms with E-state index in [-0.39, 0.29) is 18.2 Å². The molecule has 0 saturated carbocycles. The number of hydrogen-bond donors (Lipinski definition) is 1. The van der Waals surface area contributed by atoms with Gasteiger partial charge in [-0.3, -0.25) is 4.57 Å². The molecule has 0 radical (unpaired) electrons. The molecule has 1 aliphatic heterocycles. The highest BCUT2D eigenvalue weighted by molar-refractivity contribution is 8.46. The van der Waals surface area contributed by atoms with Gasteiger partial charge in [0.25, 0.3) is 6.57 Å². The van der Waals surface area contributed by atoms with Gasteiger partial charge in [-0.15, -0.1) is 0 Å². The van der Waals surface area contributed by atoms with E-state index in [4.69, 9.17) is 14.0 Å². The minimum absolute atomic E-state index is 0.125. The van der Waals surface area contributed by atoms with Crippen molar-refractivity contribution < 1.29 is 18.6 Å². The Morgan fingerprint density at radius 1 is 1.71 bits per heavy atom. The molecular formula is C7H16BO4PS. The molecule has 1 rings (SSSR count). The third-order valence-corrected chi connectivity index (χ3v) is 2.99. The van der Waals surface area contributed by atoms with Crippen molar-refractivity contribution in [1.29, 1.82) is 0 Å². The molecule has 0 N–H and O–H groups in total. The lowest BCUT2D eigenvalue weighted by molar-refractivity contribution is -0.00884. The molecule has 1 fully saturated rings. The van der Waals surface area contributed by atoms with Crippen LogP contribution in [0.2, 0.25) is 0 Å². The number of rotatable bonds is 4. The molecule has 0 aromatic carbocycles. The Balaban J connectivity index is 2.53. The molecule has 0 bridgehead atoms. The molecule has 2 unspecified atom stereocenters. The van der Waals surface area contributed by atoms with Crippen molar-refractivity contribution >= 4 is 26.7 Å². The van der Waals surface area contributed by atoms with Crippen LogP contribution in [0.1, 0.15) is 6.42 Å². The van der Waals surface area contributed by atoms with Gasteiger partial charge in [-0.2, -0.15) is 0 Å². The van der Waals surface area contributed by atoms with Crippen LogP contribution in [0.5, 0.6) is 0 Å². The van der Waals surface area contributed by atoms with Crippen molar-refractivity contribution in [2.75, 3.05) is 20.4 Å². The summed E-state index contributed by atoms with van der Waals surface area (Å²) in [5.41, 5.74) is 0. The molecule has 1 saturated heterocycles. The number of hydrogen-bond acceptors (Lipinski definition) is 4. The number of methoxy groups -OCH3 is 1. The van der Waals surface area contributed by atoms with E-state index in [0.29, 0.717) is 6.61 Å². The van der Waals surface area contributed by atoms with Gasteiger partial charge in [0, 0.05) is 19.8 Å². The van der Waals surface area contributed by atoms with E-state index in [9.17, 15) is 4.57 Å². The summed E-state index contributed by atoms with van der Waals surface area (Å²) in [6.45, 7) is -0.793. The maximum atomic E-state index is 11.4. The van der Waals surface area contributed by atoms with E-state index in [0.717, 1.165) is 6.42 Å². The van der Waals surface area contributed by atoms with Crippen molar-refractivity contribution in [2.24, 2.45) is 0 Å². The Labute approximate surface area is 90.7 Å². The first-order valence-corrected chi connectivity index (χ1v) is 7.78. The Kier molecular flexibility index (Phi) is 4.53. The molecule has 4 atom stereocenters. The van der Waals surface area contributed by atoms with Crippen molar-refractivity contribution in [3.8, 4) is 0 Å². The quantitative estimate of drug-likeness (QED) is 0.440. The Hall–Kier alpha value is 0.525. The average Bonchev–Trinajstić information content (AvgIpc) is 2.28. The average molecular weight is 238 g/mol. The fourth-order valence-corrected chi connectivity index (χ4v) is 2.68. The molecule has 14 heavy (non-hydrogen) atoms. The Morgan fingerprint density at radius 2 is 2.36 bits per heavy atom. The highest BCUT2D eigenvalue weighted by Crippen LogP contribution is 2.50. The van der Waals surface area contributed by atoms with Crippen LogP contribution in [0, 0.1) is 0 Å². The summed E-state index contributed by atoms with van der Waals surface area (Å²) in [5.74, 6) is 0. The fraction of sp³-hybridized carbons (Fsp3) is 1.00. The largest absolute Gasteiger partial charge is 0.382 e. The fourth-order valence-electron chi connectivity index (χ4n) is 1.59. The van der Waals surface area contributed by atoms with Crippen LogP contribution in [-0.2, 0) is 18.6 Å². The van der Waals surface area contributed by atoms with Gasteiger partial charge in [0.1, 0.15) is 14.0 Å².